The van der Waals surface area contributed by atoms with Crippen LogP contribution >= 0.6 is 15.9 Å². The van der Waals surface area contributed by atoms with Crippen LogP contribution in [0.15, 0.2) is 21.5 Å². The van der Waals surface area contributed by atoms with Crippen LogP contribution in [0.4, 0.5) is 8.78 Å². The molecule has 1 aliphatic rings. The van der Waals surface area contributed by atoms with Gasteiger partial charge in [0.25, 0.3) is 0 Å². The highest BCUT2D eigenvalue weighted by Gasteiger charge is 2.35. The molecule has 0 aromatic heterocycles. The molecular weight excluding hydrogens is 370 g/mol. The van der Waals surface area contributed by atoms with E-state index >= 15 is 0 Å². The smallest absolute Gasteiger partial charge is 0.247 e. The Morgan fingerprint density at radius 3 is 2.71 bits per heavy atom. The van der Waals surface area contributed by atoms with Crippen LogP contribution < -0.4 is 5.73 Å². The summed E-state index contributed by atoms with van der Waals surface area (Å²) in [5, 5.41) is 0. The number of sulfonamides is 1. The molecule has 1 heterocycles. The van der Waals surface area contributed by atoms with Crippen molar-refractivity contribution >= 4 is 26.0 Å². The molecule has 1 fully saturated rings. The van der Waals surface area contributed by atoms with Gasteiger partial charge in [0.05, 0.1) is 12.7 Å². The van der Waals surface area contributed by atoms with Gasteiger partial charge in [-0.1, -0.05) is 0 Å². The molecule has 2 atom stereocenters. The molecule has 2 rings (SSSR count). The summed E-state index contributed by atoms with van der Waals surface area (Å²) in [7, 11) is -4.10. The van der Waals surface area contributed by atoms with Crippen LogP contribution in [-0.2, 0) is 14.8 Å². The van der Waals surface area contributed by atoms with Crippen molar-refractivity contribution in [2.75, 3.05) is 19.7 Å². The maximum absolute atomic E-state index is 13.9. The van der Waals surface area contributed by atoms with Crippen molar-refractivity contribution < 1.29 is 21.9 Å². The Hall–Kier alpha value is -0.610. The van der Waals surface area contributed by atoms with Crippen molar-refractivity contribution in [1.29, 1.82) is 0 Å². The average molecular weight is 385 g/mol. The monoisotopic (exact) mass is 384 g/mol. The van der Waals surface area contributed by atoms with E-state index in [9.17, 15) is 17.2 Å². The van der Waals surface area contributed by atoms with Crippen molar-refractivity contribution in [1.82, 2.24) is 4.31 Å². The Morgan fingerprint density at radius 2 is 2.14 bits per heavy atom. The first-order valence-electron chi connectivity index (χ1n) is 6.25. The van der Waals surface area contributed by atoms with E-state index < -0.39 is 32.7 Å². The normalized spacial score (nSPS) is 22.2. The van der Waals surface area contributed by atoms with E-state index in [4.69, 9.17) is 10.5 Å². The molecule has 0 bridgehead atoms. The van der Waals surface area contributed by atoms with Crippen LogP contribution in [0.2, 0.25) is 0 Å². The van der Waals surface area contributed by atoms with Crippen LogP contribution in [0, 0.1) is 11.6 Å². The topological polar surface area (TPSA) is 72.6 Å². The van der Waals surface area contributed by atoms with E-state index in [-0.39, 0.29) is 30.2 Å². The van der Waals surface area contributed by atoms with E-state index in [0.29, 0.717) is 6.07 Å². The van der Waals surface area contributed by atoms with Gasteiger partial charge in [0, 0.05) is 29.7 Å². The zero-order valence-electron chi connectivity index (χ0n) is 11.2. The second-order valence-electron chi connectivity index (χ2n) is 4.83. The first-order valence-corrected chi connectivity index (χ1v) is 8.48. The molecule has 21 heavy (non-hydrogen) atoms. The number of rotatable bonds is 3. The van der Waals surface area contributed by atoms with Gasteiger partial charge in [-0.15, -0.1) is 0 Å². The van der Waals surface area contributed by atoms with E-state index in [1.165, 1.54) is 0 Å². The lowest BCUT2D eigenvalue weighted by Crippen LogP contribution is -2.51. The van der Waals surface area contributed by atoms with Crippen LogP contribution in [0.25, 0.3) is 0 Å². The summed E-state index contributed by atoms with van der Waals surface area (Å²) in [5.74, 6) is -1.99. The number of hydrogen-bond donors (Lipinski definition) is 1. The summed E-state index contributed by atoms with van der Waals surface area (Å²) >= 11 is 2.90. The van der Waals surface area contributed by atoms with Gasteiger partial charge in [0.2, 0.25) is 10.0 Å². The minimum Gasteiger partial charge on any atom is -0.374 e. The van der Waals surface area contributed by atoms with Crippen molar-refractivity contribution in [2.45, 2.75) is 24.0 Å². The number of ether oxygens (including phenoxy) is 1. The third kappa shape index (κ3) is 3.42. The molecule has 1 aliphatic heterocycles. The van der Waals surface area contributed by atoms with Crippen LogP contribution in [-0.4, -0.2) is 44.6 Å². The third-order valence-electron chi connectivity index (χ3n) is 3.20. The van der Waals surface area contributed by atoms with Crippen LogP contribution in [0.1, 0.15) is 6.92 Å². The SMILES string of the molecule is CC(N)C1CN(S(=O)(=O)c2c(F)cc(F)cc2Br)CCO1. The molecule has 0 amide bonds. The quantitative estimate of drug-likeness (QED) is 0.856. The number of nitrogens with zero attached hydrogens (tertiary/aromatic N) is 1. The fourth-order valence-corrected chi connectivity index (χ4v) is 4.64. The molecule has 0 aliphatic carbocycles. The number of hydrogen-bond acceptors (Lipinski definition) is 4. The average Bonchev–Trinajstić information content (AvgIpc) is 2.37. The predicted octanol–water partition coefficient (Wildman–Crippen LogP) is 1.46. The molecule has 1 saturated heterocycles. The third-order valence-corrected chi connectivity index (χ3v) is 6.03. The van der Waals surface area contributed by atoms with E-state index in [1.807, 2.05) is 0 Å². The highest BCUT2D eigenvalue weighted by atomic mass is 79.9. The highest BCUT2D eigenvalue weighted by molar-refractivity contribution is 9.10. The van der Waals surface area contributed by atoms with Crippen molar-refractivity contribution in [3.05, 3.63) is 28.2 Å². The van der Waals surface area contributed by atoms with Gasteiger partial charge in [0.15, 0.2) is 0 Å². The van der Waals surface area contributed by atoms with Gasteiger partial charge in [-0.3, -0.25) is 0 Å². The Bertz CT molecular complexity index is 616. The molecule has 0 radical (unpaired) electrons. The second-order valence-corrected chi connectivity index (χ2v) is 7.56. The zero-order valence-corrected chi connectivity index (χ0v) is 13.6. The lowest BCUT2D eigenvalue weighted by Gasteiger charge is -2.34. The van der Waals surface area contributed by atoms with Gasteiger partial charge >= 0.3 is 0 Å². The van der Waals surface area contributed by atoms with Crippen LogP contribution in [0.3, 0.4) is 0 Å². The molecule has 2 unspecified atom stereocenters. The highest BCUT2D eigenvalue weighted by Crippen LogP contribution is 2.30. The molecule has 0 saturated carbocycles. The Morgan fingerprint density at radius 1 is 1.48 bits per heavy atom. The Kier molecular flexibility index (Phi) is 4.99. The predicted molar refractivity (Wildman–Crippen MR) is 76.2 cm³/mol. The molecule has 5 nitrogen and oxygen atoms in total. The van der Waals surface area contributed by atoms with Gasteiger partial charge < -0.3 is 10.5 Å². The molecule has 0 spiro atoms. The largest absolute Gasteiger partial charge is 0.374 e. The molecule has 2 N–H and O–H groups in total. The van der Waals surface area contributed by atoms with Gasteiger partial charge in [0.1, 0.15) is 16.5 Å². The maximum Gasteiger partial charge on any atom is 0.247 e. The first kappa shape index (κ1) is 16.8. The lowest BCUT2D eigenvalue weighted by molar-refractivity contribution is -0.0120. The molecule has 9 heteroatoms. The number of halogens is 3. The molecule has 118 valence electrons. The Labute approximate surface area is 130 Å². The van der Waals surface area contributed by atoms with E-state index in [2.05, 4.69) is 15.9 Å². The zero-order chi connectivity index (χ0) is 15.8. The molecule has 1 aromatic rings. The van der Waals surface area contributed by atoms with Crippen LogP contribution in [0.5, 0.6) is 0 Å². The first-order chi connectivity index (χ1) is 9.73. The Balaban J connectivity index is 2.39. The number of nitrogens with two attached hydrogens (primary N) is 1. The minimum atomic E-state index is -4.10. The number of morpholine rings is 1. The van der Waals surface area contributed by atoms with E-state index in [0.717, 1.165) is 10.4 Å². The minimum absolute atomic E-state index is 0.0310. The summed E-state index contributed by atoms with van der Waals surface area (Å²) in [6.45, 7) is 2.00. The fraction of sp³-hybridized carbons (Fsp3) is 0.500. The summed E-state index contributed by atoms with van der Waals surface area (Å²) in [5.41, 5.74) is 5.71. The maximum atomic E-state index is 13.9. The fourth-order valence-electron chi connectivity index (χ4n) is 2.09. The summed E-state index contributed by atoms with van der Waals surface area (Å²) in [6.07, 6.45) is -0.462. The number of benzene rings is 1. The standard InChI is InChI=1S/C12H15BrF2N2O3S/c1-7(16)11-6-17(2-3-20-11)21(18,19)12-9(13)4-8(14)5-10(12)15/h4-5,7,11H,2-3,6,16H2,1H3. The van der Waals surface area contributed by atoms with Gasteiger partial charge in [-0.2, -0.15) is 4.31 Å². The lowest BCUT2D eigenvalue weighted by atomic mass is 10.2. The van der Waals surface area contributed by atoms with Crippen molar-refractivity contribution in [3.63, 3.8) is 0 Å². The van der Waals surface area contributed by atoms with Gasteiger partial charge in [-0.25, -0.2) is 17.2 Å². The molecular formula is C12H15BrF2N2O3S. The summed E-state index contributed by atoms with van der Waals surface area (Å²) < 4.78 is 58.4. The molecule has 1 aromatic carbocycles. The van der Waals surface area contributed by atoms with Crippen molar-refractivity contribution in [2.24, 2.45) is 5.73 Å². The second kappa shape index (κ2) is 6.25. The summed E-state index contributed by atoms with van der Waals surface area (Å²) in [4.78, 5) is -0.575. The van der Waals surface area contributed by atoms with Crippen molar-refractivity contribution in [3.8, 4) is 0 Å². The summed E-state index contributed by atoms with van der Waals surface area (Å²) in [6, 6.07) is 1.10. The van der Waals surface area contributed by atoms with Gasteiger partial charge in [-0.05, 0) is 28.9 Å². The van der Waals surface area contributed by atoms with E-state index in [1.54, 1.807) is 6.92 Å².